The van der Waals surface area contributed by atoms with Gasteiger partial charge in [0.2, 0.25) is 0 Å². The molecule has 0 atom stereocenters. The zero-order valence-electron chi connectivity index (χ0n) is 14.2. The van der Waals surface area contributed by atoms with Crippen molar-refractivity contribution >= 4 is 11.9 Å². The van der Waals surface area contributed by atoms with Gasteiger partial charge in [-0.25, -0.2) is 4.68 Å². The Bertz CT molecular complexity index is 715. The Balaban J connectivity index is 2.08. The molecule has 0 aliphatic rings. The molecule has 1 heterocycles. The number of nitrogens with one attached hydrogen (secondary N) is 1. The van der Waals surface area contributed by atoms with Crippen LogP contribution in [0.4, 0.5) is 0 Å². The summed E-state index contributed by atoms with van der Waals surface area (Å²) in [5, 5.41) is 16.4. The fourth-order valence-corrected chi connectivity index (χ4v) is 2.62. The van der Waals surface area contributed by atoms with Gasteiger partial charge in [0.1, 0.15) is 0 Å². The van der Waals surface area contributed by atoms with E-state index in [0.29, 0.717) is 18.4 Å². The lowest BCUT2D eigenvalue weighted by molar-refractivity contribution is -0.149. The van der Waals surface area contributed by atoms with Crippen molar-refractivity contribution in [1.29, 1.82) is 0 Å². The molecule has 2 N–H and O–H groups in total. The quantitative estimate of drug-likeness (QED) is 0.818. The summed E-state index contributed by atoms with van der Waals surface area (Å²) in [5.41, 5.74) is 1.46. The topological polar surface area (TPSA) is 84.2 Å². The van der Waals surface area contributed by atoms with E-state index in [4.69, 9.17) is 0 Å². The Morgan fingerprint density at radius 3 is 2.25 bits per heavy atom. The Kier molecular flexibility index (Phi) is 5.39. The summed E-state index contributed by atoms with van der Waals surface area (Å²) in [5.74, 6) is -1.15. The summed E-state index contributed by atoms with van der Waals surface area (Å²) >= 11 is 0. The molecule has 2 rings (SSSR count). The number of carboxylic acids is 1. The van der Waals surface area contributed by atoms with Crippen molar-refractivity contribution in [2.75, 3.05) is 6.54 Å². The number of carbonyl (C=O) groups excluding carboxylic acids is 1. The van der Waals surface area contributed by atoms with Gasteiger partial charge in [-0.3, -0.25) is 9.59 Å². The van der Waals surface area contributed by atoms with E-state index in [1.165, 1.54) is 0 Å². The number of aromatic nitrogens is 2. The van der Waals surface area contributed by atoms with Crippen LogP contribution in [0.5, 0.6) is 0 Å². The molecule has 1 aromatic heterocycles. The van der Waals surface area contributed by atoms with Crippen molar-refractivity contribution in [3.63, 3.8) is 0 Å². The summed E-state index contributed by atoms with van der Waals surface area (Å²) in [6.45, 7) is 5.72. The molecule has 0 saturated heterocycles. The molecule has 0 bridgehead atoms. The van der Waals surface area contributed by atoms with Gasteiger partial charge in [-0.15, -0.1) is 0 Å². The van der Waals surface area contributed by atoms with Crippen LogP contribution >= 0.6 is 0 Å². The van der Waals surface area contributed by atoms with Crippen LogP contribution < -0.4 is 5.32 Å². The number of aryl methyl sites for hydroxylation is 1. The number of aliphatic carboxylic acids is 1. The Hall–Kier alpha value is -2.63. The number of nitrogens with zero attached hydrogens (tertiary/aromatic N) is 2. The zero-order chi connectivity index (χ0) is 17.7. The van der Waals surface area contributed by atoms with Gasteiger partial charge in [-0.05, 0) is 50.1 Å². The standard InChI is InChI=1S/C18H23N3O3/c1-4-18(5-2,17(23)24)12-19-16(22)14-6-8-15(9-7-14)21-13(3)10-11-20-21/h6-11H,4-5,12H2,1-3H3,(H,19,22)(H,23,24). The third-order valence-corrected chi connectivity index (χ3v) is 4.60. The number of hydrogen-bond donors (Lipinski definition) is 2. The normalized spacial score (nSPS) is 11.3. The summed E-state index contributed by atoms with van der Waals surface area (Å²) in [6, 6.07) is 8.97. The highest BCUT2D eigenvalue weighted by atomic mass is 16.4. The molecular formula is C18H23N3O3. The van der Waals surface area contributed by atoms with E-state index in [9.17, 15) is 14.7 Å². The largest absolute Gasteiger partial charge is 0.481 e. The highest BCUT2D eigenvalue weighted by Crippen LogP contribution is 2.25. The molecule has 0 fully saturated rings. The van der Waals surface area contributed by atoms with Crippen LogP contribution in [-0.4, -0.2) is 33.3 Å². The molecule has 1 amide bonds. The Morgan fingerprint density at radius 2 is 1.79 bits per heavy atom. The molecule has 0 radical (unpaired) electrons. The van der Waals surface area contributed by atoms with Crippen LogP contribution in [-0.2, 0) is 4.79 Å². The fraction of sp³-hybridized carbons (Fsp3) is 0.389. The predicted octanol–water partition coefficient (Wildman–Crippen LogP) is 2.80. The third kappa shape index (κ3) is 3.48. The van der Waals surface area contributed by atoms with Gasteiger partial charge < -0.3 is 10.4 Å². The van der Waals surface area contributed by atoms with E-state index in [2.05, 4.69) is 10.4 Å². The average molecular weight is 329 g/mol. The van der Waals surface area contributed by atoms with E-state index in [1.807, 2.05) is 39.0 Å². The Morgan fingerprint density at radius 1 is 1.17 bits per heavy atom. The van der Waals surface area contributed by atoms with E-state index in [-0.39, 0.29) is 12.5 Å². The first-order chi connectivity index (χ1) is 11.4. The minimum Gasteiger partial charge on any atom is -0.481 e. The second-order valence-electron chi connectivity index (χ2n) is 5.91. The summed E-state index contributed by atoms with van der Waals surface area (Å²) in [4.78, 5) is 23.8. The van der Waals surface area contributed by atoms with E-state index < -0.39 is 11.4 Å². The molecule has 24 heavy (non-hydrogen) atoms. The van der Waals surface area contributed by atoms with Gasteiger partial charge in [0.15, 0.2) is 0 Å². The van der Waals surface area contributed by atoms with Crippen molar-refractivity contribution in [2.45, 2.75) is 33.6 Å². The number of amides is 1. The van der Waals surface area contributed by atoms with Crippen molar-refractivity contribution in [2.24, 2.45) is 5.41 Å². The second kappa shape index (κ2) is 7.29. The maximum Gasteiger partial charge on any atom is 0.311 e. The number of hydrogen-bond acceptors (Lipinski definition) is 3. The molecule has 0 saturated carbocycles. The van der Waals surface area contributed by atoms with E-state index >= 15 is 0 Å². The number of carboxylic acid groups (broad SMARTS) is 1. The van der Waals surface area contributed by atoms with Gasteiger partial charge in [0, 0.05) is 24.0 Å². The predicted molar refractivity (Wildman–Crippen MR) is 91.3 cm³/mol. The SMILES string of the molecule is CCC(CC)(CNC(=O)c1ccc(-n2nccc2C)cc1)C(=O)O. The van der Waals surface area contributed by atoms with E-state index in [0.717, 1.165) is 11.4 Å². The van der Waals surface area contributed by atoms with Crippen LogP contribution in [0.1, 0.15) is 42.7 Å². The first-order valence-electron chi connectivity index (χ1n) is 8.06. The van der Waals surface area contributed by atoms with Gasteiger partial charge in [-0.2, -0.15) is 5.10 Å². The van der Waals surface area contributed by atoms with Gasteiger partial charge in [0.25, 0.3) is 5.91 Å². The lowest BCUT2D eigenvalue weighted by atomic mass is 9.82. The minimum absolute atomic E-state index is 0.119. The molecule has 6 heteroatoms. The van der Waals surface area contributed by atoms with Crippen molar-refractivity contribution in [1.82, 2.24) is 15.1 Å². The van der Waals surface area contributed by atoms with Crippen LogP contribution in [0.3, 0.4) is 0 Å². The molecular weight excluding hydrogens is 306 g/mol. The highest BCUT2D eigenvalue weighted by Gasteiger charge is 2.35. The average Bonchev–Trinajstić information content (AvgIpc) is 3.02. The van der Waals surface area contributed by atoms with Crippen LogP contribution in [0.25, 0.3) is 5.69 Å². The van der Waals surface area contributed by atoms with Crippen molar-refractivity contribution < 1.29 is 14.7 Å². The molecule has 0 aliphatic heterocycles. The zero-order valence-corrected chi connectivity index (χ0v) is 14.2. The second-order valence-corrected chi connectivity index (χ2v) is 5.91. The van der Waals surface area contributed by atoms with Gasteiger partial charge in [0.05, 0.1) is 11.1 Å². The third-order valence-electron chi connectivity index (χ3n) is 4.60. The summed E-state index contributed by atoms with van der Waals surface area (Å²) < 4.78 is 1.78. The van der Waals surface area contributed by atoms with Gasteiger partial charge >= 0.3 is 5.97 Å². The first kappa shape index (κ1) is 17.7. The minimum atomic E-state index is -0.915. The molecule has 2 aromatic rings. The summed E-state index contributed by atoms with van der Waals surface area (Å²) in [7, 11) is 0. The molecule has 1 aromatic carbocycles. The maximum atomic E-state index is 12.3. The smallest absolute Gasteiger partial charge is 0.311 e. The lowest BCUT2D eigenvalue weighted by Gasteiger charge is -2.26. The molecule has 128 valence electrons. The maximum absolute atomic E-state index is 12.3. The number of benzene rings is 1. The highest BCUT2D eigenvalue weighted by molar-refractivity contribution is 5.94. The van der Waals surface area contributed by atoms with Crippen molar-refractivity contribution in [3.05, 3.63) is 47.8 Å². The van der Waals surface area contributed by atoms with E-state index in [1.54, 1.807) is 23.0 Å². The molecule has 6 nitrogen and oxygen atoms in total. The number of rotatable bonds is 7. The first-order valence-corrected chi connectivity index (χ1v) is 8.06. The fourth-order valence-electron chi connectivity index (χ4n) is 2.62. The molecule has 0 aliphatic carbocycles. The number of carbonyl (C=O) groups is 2. The molecule has 0 unspecified atom stereocenters. The Labute approximate surface area is 141 Å². The lowest BCUT2D eigenvalue weighted by Crippen LogP contribution is -2.42. The van der Waals surface area contributed by atoms with Crippen LogP contribution in [0.2, 0.25) is 0 Å². The monoisotopic (exact) mass is 329 g/mol. The summed E-state index contributed by atoms with van der Waals surface area (Å²) in [6.07, 6.45) is 2.66. The van der Waals surface area contributed by atoms with Crippen molar-refractivity contribution in [3.8, 4) is 5.69 Å². The van der Waals surface area contributed by atoms with Crippen LogP contribution in [0.15, 0.2) is 36.5 Å². The van der Waals surface area contributed by atoms with Crippen LogP contribution in [0, 0.1) is 12.3 Å². The van der Waals surface area contributed by atoms with Gasteiger partial charge in [-0.1, -0.05) is 13.8 Å². The molecule has 0 spiro atoms.